The van der Waals surface area contributed by atoms with Crippen LogP contribution in [0, 0.1) is 0 Å². The molecule has 7 heteroatoms. The van der Waals surface area contributed by atoms with Crippen molar-refractivity contribution in [1.82, 2.24) is 20.5 Å². The van der Waals surface area contributed by atoms with E-state index in [0.29, 0.717) is 11.4 Å². The van der Waals surface area contributed by atoms with E-state index >= 15 is 0 Å². The SMILES string of the molecule is CC(NC(=O)c1ccc(C(=O)O)cc1)c1ncn[nH]1. The lowest BCUT2D eigenvalue weighted by Crippen LogP contribution is -2.27. The Hall–Kier alpha value is -2.70. The fourth-order valence-electron chi connectivity index (χ4n) is 1.54. The van der Waals surface area contributed by atoms with Crippen molar-refractivity contribution in [3.8, 4) is 0 Å². The predicted octanol–water partition coefficient (Wildman–Crippen LogP) is 0.994. The zero-order valence-electron chi connectivity index (χ0n) is 10.1. The number of carboxylic acids is 1. The molecule has 19 heavy (non-hydrogen) atoms. The molecular weight excluding hydrogens is 248 g/mol. The summed E-state index contributed by atoms with van der Waals surface area (Å²) in [5.41, 5.74) is 0.524. The van der Waals surface area contributed by atoms with Crippen LogP contribution in [-0.2, 0) is 0 Å². The number of amides is 1. The molecule has 0 saturated carbocycles. The van der Waals surface area contributed by atoms with Gasteiger partial charge in [0.2, 0.25) is 0 Å². The van der Waals surface area contributed by atoms with Crippen LogP contribution >= 0.6 is 0 Å². The van der Waals surface area contributed by atoms with Gasteiger partial charge < -0.3 is 10.4 Å². The van der Waals surface area contributed by atoms with Gasteiger partial charge in [-0.2, -0.15) is 5.10 Å². The van der Waals surface area contributed by atoms with Crippen molar-refractivity contribution in [2.24, 2.45) is 0 Å². The van der Waals surface area contributed by atoms with Crippen LogP contribution in [0.1, 0.15) is 39.5 Å². The highest BCUT2D eigenvalue weighted by Crippen LogP contribution is 2.08. The van der Waals surface area contributed by atoms with Gasteiger partial charge in [-0.1, -0.05) is 0 Å². The highest BCUT2D eigenvalue weighted by molar-refractivity contribution is 5.96. The van der Waals surface area contributed by atoms with Crippen molar-refractivity contribution in [2.45, 2.75) is 13.0 Å². The van der Waals surface area contributed by atoms with Gasteiger partial charge in [-0.15, -0.1) is 0 Å². The van der Waals surface area contributed by atoms with Gasteiger partial charge >= 0.3 is 5.97 Å². The molecule has 0 aliphatic rings. The summed E-state index contributed by atoms with van der Waals surface area (Å²) in [5, 5.41) is 17.9. The van der Waals surface area contributed by atoms with Gasteiger partial charge in [-0.3, -0.25) is 9.89 Å². The molecule has 0 bridgehead atoms. The van der Waals surface area contributed by atoms with E-state index in [9.17, 15) is 9.59 Å². The minimum absolute atomic E-state index is 0.139. The summed E-state index contributed by atoms with van der Waals surface area (Å²) in [5.74, 6) is -0.779. The Morgan fingerprint density at radius 3 is 2.42 bits per heavy atom. The lowest BCUT2D eigenvalue weighted by molar-refractivity contribution is 0.0696. The third-order valence-corrected chi connectivity index (χ3v) is 2.59. The third kappa shape index (κ3) is 2.95. The maximum atomic E-state index is 11.9. The number of rotatable bonds is 4. The monoisotopic (exact) mass is 260 g/mol. The van der Waals surface area contributed by atoms with Gasteiger partial charge in [0, 0.05) is 5.56 Å². The molecule has 2 aromatic rings. The molecule has 1 atom stereocenters. The Labute approximate surface area is 108 Å². The molecule has 1 heterocycles. The summed E-state index contributed by atoms with van der Waals surface area (Å²) < 4.78 is 0. The van der Waals surface area contributed by atoms with E-state index in [4.69, 9.17) is 5.11 Å². The predicted molar refractivity (Wildman–Crippen MR) is 65.7 cm³/mol. The fraction of sp³-hybridized carbons (Fsp3) is 0.167. The normalized spacial score (nSPS) is 11.8. The first-order valence-corrected chi connectivity index (χ1v) is 5.57. The molecule has 0 saturated heterocycles. The number of benzene rings is 1. The second-order valence-electron chi connectivity index (χ2n) is 3.95. The molecule has 98 valence electrons. The summed E-state index contributed by atoms with van der Waals surface area (Å²) >= 11 is 0. The second kappa shape index (κ2) is 5.30. The van der Waals surface area contributed by atoms with Gasteiger partial charge in [0.1, 0.15) is 12.2 Å². The van der Waals surface area contributed by atoms with Gasteiger partial charge in [-0.05, 0) is 31.2 Å². The van der Waals surface area contributed by atoms with E-state index in [1.165, 1.54) is 30.6 Å². The quantitative estimate of drug-likeness (QED) is 0.759. The maximum Gasteiger partial charge on any atom is 0.335 e. The number of nitrogens with one attached hydrogen (secondary N) is 2. The Morgan fingerprint density at radius 2 is 1.89 bits per heavy atom. The number of carbonyl (C=O) groups is 2. The second-order valence-corrected chi connectivity index (χ2v) is 3.95. The van der Waals surface area contributed by atoms with Crippen molar-refractivity contribution >= 4 is 11.9 Å². The number of carboxylic acid groups (broad SMARTS) is 1. The molecule has 0 spiro atoms. The number of H-pyrrole nitrogens is 1. The molecule has 0 fully saturated rings. The van der Waals surface area contributed by atoms with E-state index in [1.54, 1.807) is 6.92 Å². The van der Waals surface area contributed by atoms with E-state index < -0.39 is 5.97 Å². The molecule has 1 amide bonds. The highest BCUT2D eigenvalue weighted by Gasteiger charge is 2.13. The summed E-state index contributed by atoms with van der Waals surface area (Å²) in [4.78, 5) is 26.5. The number of aromatic carboxylic acids is 1. The average Bonchev–Trinajstić information content (AvgIpc) is 2.92. The average molecular weight is 260 g/mol. The molecule has 3 N–H and O–H groups in total. The fourth-order valence-corrected chi connectivity index (χ4v) is 1.54. The molecule has 0 aliphatic carbocycles. The molecule has 1 aromatic carbocycles. The first-order chi connectivity index (χ1) is 9.08. The van der Waals surface area contributed by atoms with Crippen molar-refractivity contribution in [3.05, 3.63) is 47.5 Å². The van der Waals surface area contributed by atoms with Crippen LogP contribution < -0.4 is 5.32 Å². The number of hydrogen-bond donors (Lipinski definition) is 3. The summed E-state index contributed by atoms with van der Waals surface area (Å²) in [6.45, 7) is 1.77. The van der Waals surface area contributed by atoms with E-state index in [0.717, 1.165) is 0 Å². The highest BCUT2D eigenvalue weighted by atomic mass is 16.4. The van der Waals surface area contributed by atoms with Gasteiger partial charge in [-0.25, -0.2) is 9.78 Å². The zero-order chi connectivity index (χ0) is 13.8. The summed E-state index contributed by atoms with van der Waals surface area (Å²) in [6.07, 6.45) is 1.36. The number of hydrogen-bond acceptors (Lipinski definition) is 4. The number of nitrogens with zero attached hydrogens (tertiary/aromatic N) is 2. The largest absolute Gasteiger partial charge is 0.478 e. The van der Waals surface area contributed by atoms with Crippen LogP contribution in [0.2, 0.25) is 0 Å². The Balaban J connectivity index is 2.05. The van der Waals surface area contributed by atoms with Crippen molar-refractivity contribution in [1.29, 1.82) is 0 Å². The molecular formula is C12H12N4O3. The van der Waals surface area contributed by atoms with Crippen molar-refractivity contribution in [3.63, 3.8) is 0 Å². The minimum Gasteiger partial charge on any atom is -0.478 e. The third-order valence-electron chi connectivity index (χ3n) is 2.59. The minimum atomic E-state index is -1.03. The molecule has 0 aliphatic heterocycles. The maximum absolute atomic E-state index is 11.9. The summed E-state index contributed by atoms with van der Waals surface area (Å²) in [7, 11) is 0. The Bertz CT molecular complexity index is 578. The number of carbonyl (C=O) groups excluding carboxylic acids is 1. The lowest BCUT2D eigenvalue weighted by Gasteiger charge is -2.11. The standard InChI is InChI=1S/C12H12N4O3/c1-7(10-13-6-14-16-10)15-11(17)8-2-4-9(5-3-8)12(18)19/h2-7H,1H3,(H,15,17)(H,18,19)(H,13,14,16). The van der Waals surface area contributed by atoms with Crippen LogP contribution in [0.5, 0.6) is 0 Å². The van der Waals surface area contributed by atoms with E-state index in [1.807, 2.05) is 0 Å². The first-order valence-electron chi connectivity index (χ1n) is 5.57. The van der Waals surface area contributed by atoms with Gasteiger partial charge in [0.25, 0.3) is 5.91 Å². The lowest BCUT2D eigenvalue weighted by atomic mass is 10.1. The Kier molecular flexibility index (Phi) is 3.56. The van der Waals surface area contributed by atoms with Crippen LogP contribution in [0.25, 0.3) is 0 Å². The first kappa shape index (κ1) is 12.7. The number of aromatic nitrogens is 3. The van der Waals surface area contributed by atoms with Crippen LogP contribution in [-0.4, -0.2) is 32.2 Å². The molecule has 2 rings (SSSR count). The number of aromatic amines is 1. The van der Waals surface area contributed by atoms with Crippen molar-refractivity contribution in [2.75, 3.05) is 0 Å². The van der Waals surface area contributed by atoms with Crippen LogP contribution in [0.15, 0.2) is 30.6 Å². The van der Waals surface area contributed by atoms with E-state index in [-0.39, 0.29) is 17.5 Å². The zero-order valence-corrected chi connectivity index (χ0v) is 10.1. The van der Waals surface area contributed by atoms with Crippen LogP contribution in [0.3, 0.4) is 0 Å². The van der Waals surface area contributed by atoms with Crippen molar-refractivity contribution < 1.29 is 14.7 Å². The molecule has 1 aromatic heterocycles. The Morgan fingerprint density at radius 1 is 1.26 bits per heavy atom. The van der Waals surface area contributed by atoms with E-state index in [2.05, 4.69) is 20.5 Å². The molecule has 7 nitrogen and oxygen atoms in total. The molecule has 1 unspecified atom stereocenters. The topological polar surface area (TPSA) is 108 Å². The summed E-state index contributed by atoms with van der Waals surface area (Å²) in [6, 6.07) is 5.39. The van der Waals surface area contributed by atoms with Gasteiger partial charge in [0.05, 0.1) is 11.6 Å². The van der Waals surface area contributed by atoms with Gasteiger partial charge in [0.15, 0.2) is 0 Å². The molecule has 0 radical (unpaired) electrons. The smallest absolute Gasteiger partial charge is 0.335 e. The van der Waals surface area contributed by atoms with Crippen LogP contribution in [0.4, 0.5) is 0 Å².